The topological polar surface area (TPSA) is 102 Å². The number of hydrogen-bond acceptors (Lipinski definition) is 6. The molecule has 0 saturated heterocycles. The van der Waals surface area contributed by atoms with E-state index in [1.54, 1.807) is 0 Å². The zero-order valence-electron chi connectivity index (χ0n) is 20.6. The first kappa shape index (κ1) is 23.0. The fourth-order valence-electron chi connectivity index (χ4n) is 4.58. The molecule has 1 amide bonds. The summed E-state index contributed by atoms with van der Waals surface area (Å²) in [6, 6.07) is 17.9. The monoisotopic (exact) mass is 493 g/mol. The fraction of sp³-hybridized carbons (Fsp3) is 0.310. The van der Waals surface area contributed by atoms with E-state index in [0.29, 0.717) is 23.3 Å². The Morgan fingerprint density at radius 3 is 2.62 bits per heavy atom. The van der Waals surface area contributed by atoms with Crippen LogP contribution in [-0.4, -0.2) is 26.7 Å². The van der Waals surface area contributed by atoms with Gasteiger partial charge in [-0.2, -0.15) is 5.26 Å². The molecule has 2 aliphatic carbocycles. The minimum absolute atomic E-state index is 0.0494. The summed E-state index contributed by atoms with van der Waals surface area (Å²) in [6.45, 7) is 2.87. The van der Waals surface area contributed by atoms with Crippen LogP contribution in [0.15, 0.2) is 60.9 Å². The van der Waals surface area contributed by atoms with Crippen LogP contribution < -0.4 is 10.1 Å². The third-order valence-corrected chi connectivity index (χ3v) is 7.00. The maximum absolute atomic E-state index is 12.2. The molecule has 1 atom stereocenters. The van der Waals surface area contributed by atoms with Gasteiger partial charge in [-0.1, -0.05) is 12.1 Å². The predicted octanol–water partition coefficient (Wildman–Crippen LogP) is 6.52. The molecule has 2 heterocycles. The van der Waals surface area contributed by atoms with Crippen molar-refractivity contribution in [3.05, 3.63) is 66.6 Å². The van der Waals surface area contributed by atoms with Gasteiger partial charge in [0.25, 0.3) is 5.88 Å². The summed E-state index contributed by atoms with van der Waals surface area (Å²) in [7, 11) is 0. The van der Waals surface area contributed by atoms with Crippen molar-refractivity contribution in [2.24, 2.45) is 11.8 Å². The number of nitrogens with one attached hydrogen (secondary N) is 1. The van der Waals surface area contributed by atoms with Crippen LogP contribution in [0.5, 0.6) is 11.6 Å². The van der Waals surface area contributed by atoms with Crippen molar-refractivity contribution in [3.63, 3.8) is 0 Å². The molecule has 0 bridgehead atoms. The second kappa shape index (κ2) is 9.58. The van der Waals surface area contributed by atoms with Crippen LogP contribution in [0.3, 0.4) is 0 Å². The lowest BCUT2D eigenvalue weighted by Crippen LogP contribution is -2.21. The highest BCUT2D eigenvalue weighted by Crippen LogP contribution is 2.38. The standard InChI is InChI=1S/C29H27N5O3/c1-18(20-4-5-20)36-29(35)33-23-9-6-21(7-10-23)26-14-22-8-11-24(15-27(22)34(26)17-19-2-3-19)37-28-25(16-30)31-12-13-32-28/h6-15,18-20H,2-5,17H2,1H3,(H,33,35)/t18-/m1/s1. The van der Waals surface area contributed by atoms with Crippen LogP contribution in [-0.2, 0) is 11.3 Å². The first-order valence-electron chi connectivity index (χ1n) is 12.7. The van der Waals surface area contributed by atoms with E-state index >= 15 is 0 Å². The Kier molecular flexibility index (Phi) is 5.97. The molecule has 0 unspecified atom stereocenters. The minimum Gasteiger partial charge on any atom is -0.446 e. The fourth-order valence-corrected chi connectivity index (χ4v) is 4.58. The van der Waals surface area contributed by atoms with Crippen molar-refractivity contribution in [2.75, 3.05) is 5.32 Å². The molecule has 2 saturated carbocycles. The number of amides is 1. The number of rotatable bonds is 8. The average Bonchev–Trinajstić information content (AvgIpc) is 3.83. The Labute approximate surface area is 214 Å². The number of hydrogen-bond donors (Lipinski definition) is 1. The van der Waals surface area contributed by atoms with E-state index in [9.17, 15) is 10.1 Å². The van der Waals surface area contributed by atoms with Gasteiger partial charge in [0.1, 0.15) is 17.9 Å². The van der Waals surface area contributed by atoms with Crippen molar-refractivity contribution in [1.82, 2.24) is 14.5 Å². The average molecular weight is 494 g/mol. The lowest BCUT2D eigenvalue weighted by Gasteiger charge is -2.14. The number of carbonyl (C=O) groups is 1. The van der Waals surface area contributed by atoms with Crippen molar-refractivity contribution in [2.45, 2.75) is 45.3 Å². The molecule has 186 valence electrons. The minimum atomic E-state index is -0.412. The number of ether oxygens (including phenoxy) is 2. The highest BCUT2D eigenvalue weighted by atomic mass is 16.6. The Hall–Kier alpha value is -4.38. The molecular weight excluding hydrogens is 466 g/mol. The molecule has 8 heteroatoms. The largest absolute Gasteiger partial charge is 0.446 e. The van der Waals surface area contributed by atoms with E-state index in [1.165, 1.54) is 25.2 Å². The van der Waals surface area contributed by atoms with Crippen LogP contribution in [0.1, 0.15) is 38.3 Å². The number of nitrogens with zero attached hydrogens (tertiary/aromatic N) is 4. The molecule has 2 fully saturated rings. The molecule has 0 spiro atoms. The first-order chi connectivity index (χ1) is 18.1. The van der Waals surface area contributed by atoms with Gasteiger partial charge < -0.3 is 14.0 Å². The molecule has 4 aromatic rings. The molecule has 2 aromatic carbocycles. The Balaban J connectivity index is 1.26. The number of carbonyl (C=O) groups excluding carboxylic acids is 1. The van der Waals surface area contributed by atoms with E-state index in [1.807, 2.05) is 55.5 Å². The maximum atomic E-state index is 12.2. The number of benzene rings is 2. The first-order valence-corrected chi connectivity index (χ1v) is 12.7. The smallest absolute Gasteiger partial charge is 0.411 e. The van der Waals surface area contributed by atoms with Crippen molar-refractivity contribution in [1.29, 1.82) is 5.26 Å². The summed E-state index contributed by atoms with van der Waals surface area (Å²) in [5.74, 6) is 1.96. The molecule has 0 aliphatic heterocycles. The number of aromatic nitrogens is 3. The molecule has 8 nitrogen and oxygen atoms in total. The van der Waals surface area contributed by atoms with Gasteiger partial charge in [0.15, 0.2) is 0 Å². The lowest BCUT2D eigenvalue weighted by molar-refractivity contribution is 0.108. The summed E-state index contributed by atoms with van der Waals surface area (Å²) in [5, 5.41) is 13.3. The van der Waals surface area contributed by atoms with E-state index in [-0.39, 0.29) is 17.7 Å². The summed E-state index contributed by atoms with van der Waals surface area (Å²) in [4.78, 5) is 20.4. The van der Waals surface area contributed by atoms with Crippen molar-refractivity contribution >= 4 is 22.7 Å². The molecule has 2 aliphatic rings. The Morgan fingerprint density at radius 1 is 1.11 bits per heavy atom. The SMILES string of the molecule is C[C@@H](OC(=O)Nc1ccc(-c2cc3ccc(Oc4nccnc4C#N)cc3n2CC2CC2)cc1)C1CC1. The number of anilines is 1. The van der Waals surface area contributed by atoms with Crippen molar-refractivity contribution < 1.29 is 14.3 Å². The van der Waals surface area contributed by atoms with Gasteiger partial charge in [0, 0.05) is 41.8 Å². The van der Waals surface area contributed by atoms with E-state index in [2.05, 4.69) is 25.9 Å². The summed E-state index contributed by atoms with van der Waals surface area (Å²) < 4.78 is 13.7. The zero-order valence-corrected chi connectivity index (χ0v) is 20.6. The van der Waals surface area contributed by atoms with Gasteiger partial charge in [-0.05, 0) is 80.3 Å². The molecular formula is C29H27N5O3. The molecule has 37 heavy (non-hydrogen) atoms. The molecule has 1 N–H and O–H groups in total. The van der Waals surface area contributed by atoms with Crippen molar-refractivity contribution in [3.8, 4) is 29.0 Å². The predicted molar refractivity (Wildman–Crippen MR) is 139 cm³/mol. The lowest BCUT2D eigenvalue weighted by atomic mass is 10.1. The van der Waals surface area contributed by atoms with Gasteiger partial charge in [0.05, 0.1) is 5.52 Å². The van der Waals surface area contributed by atoms with Crippen LogP contribution in [0, 0.1) is 23.2 Å². The summed E-state index contributed by atoms with van der Waals surface area (Å²) >= 11 is 0. The highest BCUT2D eigenvalue weighted by molar-refractivity contribution is 5.89. The molecule has 2 aromatic heterocycles. The normalized spacial score (nSPS) is 15.7. The summed E-state index contributed by atoms with van der Waals surface area (Å²) in [6.07, 6.45) is 7.24. The number of nitriles is 1. The van der Waals surface area contributed by atoms with E-state index in [4.69, 9.17) is 9.47 Å². The quantitative estimate of drug-likeness (QED) is 0.300. The van der Waals surface area contributed by atoms with Gasteiger partial charge >= 0.3 is 6.09 Å². The van der Waals surface area contributed by atoms with Crippen LogP contribution in [0.4, 0.5) is 10.5 Å². The Bertz CT molecular complexity index is 1500. The molecule has 0 radical (unpaired) electrons. The second-order valence-corrected chi connectivity index (χ2v) is 9.88. The Morgan fingerprint density at radius 2 is 1.89 bits per heavy atom. The van der Waals surface area contributed by atoms with Crippen LogP contribution >= 0.6 is 0 Å². The van der Waals surface area contributed by atoms with Crippen LogP contribution in [0.2, 0.25) is 0 Å². The zero-order chi connectivity index (χ0) is 25.4. The number of fused-ring (bicyclic) bond motifs is 1. The maximum Gasteiger partial charge on any atom is 0.411 e. The third-order valence-electron chi connectivity index (χ3n) is 7.00. The highest BCUT2D eigenvalue weighted by Gasteiger charge is 2.30. The van der Waals surface area contributed by atoms with Gasteiger partial charge in [-0.15, -0.1) is 0 Å². The van der Waals surface area contributed by atoms with Gasteiger partial charge in [-0.25, -0.2) is 14.8 Å². The van der Waals surface area contributed by atoms with E-state index in [0.717, 1.165) is 41.5 Å². The van der Waals surface area contributed by atoms with Gasteiger partial charge in [0.2, 0.25) is 5.69 Å². The van der Waals surface area contributed by atoms with Crippen LogP contribution in [0.25, 0.3) is 22.2 Å². The van der Waals surface area contributed by atoms with Gasteiger partial charge in [-0.3, -0.25) is 5.32 Å². The third kappa shape index (κ3) is 5.12. The summed E-state index contributed by atoms with van der Waals surface area (Å²) in [5.41, 5.74) is 4.07. The van der Waals surface area contributed by atoms with E-state index < -0.39 is 6.09 Å². The second-order valence-electron chi connectivity index (χ2n) is 9.88. The molecule has 6 rings (SSSR count).